The maximum absolute atomic E-state index is 12.6. The standard InChI is InChI=1S/C23H28N2O3/c1-15-4-5-16(2)21(14-15)25-23(27)18-8-6-17(7-9-18)22(26)24-19-10-12-20(28-3)13-11-19/h4-5,10-14,17-18H,6-9H2,1-3H3,(H,24,26)(H,25,27). The smallest absolute Gasteiger partial charge is 0.227 e. The Morgan fingerprint density at radius 1 is 0.857 bits per heavy atom. The summed E-state index contributed by atoms with van der Waals surface area (Å²) >= 11 is 0. The zero-order valence-corrected chi connectivity index (χ0v) is 16.7. The highest BCUT2D eigenvalue weighted by Crippen LogP contribution is 2.31. The topological polar surface area (TPSA) is 67.4 Å². The first kappa shape index (κ1) is 19.9. The summed E-state index contributed by atoms with van der Waals surface area (Å²) in [5, 5.41) is 6.03. The number of hydrogen-bond acceptors (Lipinski definition) is 3. The Labute approximate surface area is 166 Å². The molecular formula is C23H28N2O3. The second kappa shape index (κ2) is 8.91. The zero-order chi connectivity index (χ0) is 20.1. The molecule has 1 fully saturated rings. The quantitative estimate of drug-likeness (QED) is 0.790. The van der Waals surface area contributed by atoms with Crippen molar-refractivity contribution in [1.82, 2.24) is 0 Å². The lowest BCUT2D eigenvalue weighted by molar-refractivity contribution is -0.125. The molecular weight excluding hydrogens is 352 g/mol. The Morgan fingerprint density at radius 2 is 1.43 bits per heavy atom. The first-order valence-corrected chi connectivity index (χ1v) is 9.79. The van der Waals surface area contributed by atoms with Crippen molar-refractivity contribution in [2.24, 2.45) is 11.8 Å². The van der Waals surface area contributed by atoms with Gasteiger partial charge in [-0.3, -0.25) is 9.59 Å². The molecule has 5 heteroatoms. The van der Waals surface area contributed by atoms with Crippen LogP contribution in [0.2, 0.25) is 0 Å². The van der Waals surface area contributed by atoms with Gasteiger partial charge >= 0.3 is 0 Å². The predicted octanol–water partition coefficient (Wildman–Crippen LogP) is 4.70. The number of aryl methyl sites for hydroxylation is 2. The van der Waals surface area contributed by atoms with Crippen molar-refractivity contribution in [2.75, 3.05) is 17.7 Å². The van der Waals surface area contributed by atoms with Crippen molar-refractivity contribution in [2.45, 2.75) is 39.5 Å². The molecule has 2 N–H and O–H groups in total. The minimum atomic E-state index is -0.0492. The Morgan fingerprint density at radius 3 is 2.00 bits per heavy atom. The van der Waals surface area contributed by atoms with Gasteiger partial charge in [0.1, 0.15) is 5.75 Å². The number of nitrogens with one attached hydrogen (secondary N) is 2. The van der Waals surface area contributed by atoms with Crippen LogP contribution in [-0.2, 0) is 9.59 Å². The van der Waals surface area contributed by atoms with Crippen LogP contribution in [-0.4, -0.2) is 18.9 Å². The average Bonchev–Trinajstić information content (AvgIpc) is 2.71. The van der Waals surface area contributed by atoms with Gasteiger partial charge in [-0.15, -0.1) is 0 Å². The van der Waals surface area contributed by atoms with E-state index in [1.165, 1.54) is 0 Å². The Balaban J connectivity index is 1.51. The van der Waals surface area contributed by atoms with E-state index in [9.17, 15) is 9.59 Å². The minimum Gasteiger partial charge on any atom is -0.497 e. The molecule has 0 aliphatic heterocycles. The highest BCUT2D eigenvalue weighted by atomic mass is 16.5. The van der Waals surface area contributed by atoms with Gasteiger partial charge in [0.25, 0.3) is 0 Å². The molecule has 0 spiro atoms. The number of hydrogen-bond donors (Lipinski definition) is 2. The van der Waals surface area contributed by atoms with E-state index >= 15 is 0 Å². The highest BCUT2D eigenvalue weighted by Gasteiger charge is 2.30. The molecule has 2 aromatic carbocycles. The third-order valence-electron chi connectivity index (χ3n) is 5.48. The van der Waals surface area contributed by atoms with Crippen LogP contribution >= 0.6 is 0 Å². The molecule has 1 aliphatic carbocycles. The summed E-state index contributed by atoms with van der Waals surface area (Å²) in [5.41, 5.74) is 3.83. The molecule has 1 saturated carbocycles. The molecule has 0 aromatic heterocycles. The second-order valence-corrected chi connectivity index (χ2v) is 7.57. The first-order chi connectivity index (χ1) is 13.5. The monoisotopic (exact) mass is 380 g/mol. The van der Waals surface area contributed by atoms with E-state index in [0.717, 1.165) is 53.9 Å². The van der Waals surface area contributed by atoms with Crippen LogP contribution in [0, 0.1) is 25.7 Å². The van der Waals surface area contributed by atoms with Crippen LogP contribution < -0.4 is 15.4 Å². The largest absolute Gasteiger partial charge is 0.497 e. The van der Waals surface area contributed by atoms with Crippen LogP contribution in [0.4, 0.5) is 11.4 Å². The molecule has 5 nitrogen and oxygen atoms in total. The Hall–Kier alpha value is -2.82. The lowest BCUT2D eigenvalue weighted by Crippen LogP contribution is -2.32. The normalized spacial score (nSPS) is 19.0. The molecule has 0 atom stereocenters. The summed E-state index contributed by atoms with van der Waals surface area (Å²) in [5.74, 6) is 0.756. The number of carbonyl (C=O) groups is 2. The van der Waals surface area contributed by atoms with E-state index in [1.807, 2.05) is 56.3 Å². The van der Waals surface area contributed by atoms with E-state index in [2.05, 4.69) is 10.6 Å². The number of benzene rings is 2. The first-order valence-electron chi connectivity index (χ1n) is 9.79. The van der Waals surface area contributed by atoms with E-state index < -0.39 is 0 Å². The molecule has 0 bridgehead atoms. The minimum absolute atomic E-state index is 0.0264. The van der Waals surface area contributed by atoms with Crippen LogP contribution in [0.1, 0.15) is 36.8 Å². The number of methoxy groups -OCH3 is 1. The fourth-order valence-corrected chi connectivity index (χ4v) is 3.64. The second-order valence-electron chi connectivity index (χ2n) is 7.57. The van der Waals surface area contributed by atoms with Crippen LogP contribution in [0.5, 0.6) is 5.75 Å². The van der Waals surface area contributed by atoms with Crippen molar-refractivity contribution >= 4 is 23.2 Å². The van der Waals surface area contributed by atoms with E-state index in [4.69, 9.17) is 4.74 Å². The summed E-state index contributed by atoms with van der Waals surface area (Å²) in [6.45, 7) is 4.01. The fraction of sp³-hybridized carbons (Fsp3) is 0.391. The third-order valence-corrected chi connectivity index (χ3v) is 5.48. The van der Waals surface area contributed by atoms with Crippen molar-refractivity contribution < 1.29 is 14.3 Å². The number of carbonyl (C=O) groups excluding carboxylic acids is 2. The van der Waals surface area contributed by atoms with Gasteiger partial charge in [0, 0.05) is 23.2 Å². The lowest BCUT2D eigenvalue weighted by atomic mass is 9.81. The van der Waals surface area contributed by atoms with Gasteiger partial charge in [0.05, 0.1) is 7.11 Å². The Kier molecular flexibility index (Phi) is 6.34. The van der Waals surface area contributed by atoms with Crippen LogP contribution in [0.15, 0.2) is 42.5 Å². The van der Waals surface area contributed by atoms with Gasteiger partial charge in [-0.25, -0.2) is 0 Å². The predicted molar refractivity (Wildman–Crippen MR) is 112 cm³/mol. The van der Waals surface area contributed by atoms with Gasteiger partial charge in [0.2, 0.25) is 11.8 Å². The third kappa shape index (κ3) is 4.91. The maximum atomic E-state index is 12.6. The molecule has 2 aromatic rings. The summed E-state index contributed by atoms with van der Waals surface area (Å²) in [4.78, 5) is 25.2. The molecule has 0 radical (unpaired) electrons. The van der Waals surface area contributed by atoms with Crippen molar-refractivity contribution in [3.63, 3.8) is 0 Å². The summed E-state index contributed by atoms with van der Waals surface area (Å²) in [6.07, 6.45) is 2.93. The number of rotatable bonds is 5. The highest BCUT2D eigenvalue weighted by molar-refractivity contribution is 5.95. The lowest BCUT2D eigenvalue weighted by Gasteiger charge is -2.27. The molecule has 0 saturated heterocycles. The van der Waals surface area contributed by atoms with E-state index in [1.54, 1.807) is 7.11 Å². The molecule has 0 heterocycles. The van der Waals surface area contributed by atoms with Gasteiger partial charge < -0.3 is 15.4 Å². The van der Waals surface area contributed by atoms with E-state index in [0.29, 0.717) is 0 Å². The zero-order valence-electron chi connectivity index (χ0n) is 16.7. The number of anilines is 2. The summed E-state index contributed by atoms with van der Waals surface area (Å²) < 4.78 is 5.13. The molecule has 3 rings (SSSR count). The number of amides is 2. The van der Waals surface area contributed by atoms with Gasteiger partial charge in [-0.1, -0.05) is 12.1 Å². The SMILES string of the molecule is COc1ccc(NC(=O)C2CCC(C(=O)Nc3cc(C)ccc3C)CC2)cc1. The number of ether oxygens (including phenoxy) is 1. The van der Waals surface area contributed by atoms with Crippen molar-refractivity contribution in [1.29, 1.82) is 0 Å². The molecule has 2 amide bonds. The molecule has 1 aliphatic rings. The summed E-state index contributed by atoms with van der Waals surface area (Å²) in [6, 6.07) is 13.4. The molecule has 28 heavy (non-hydrogen) atoms. The average molecular weight is 380 g/mol. The van der Waals surface area contributed by atoms with Crippen molar-refractivity contribution in [3.05, 3.63) is 53.6 Å². The molecule has 0 unspecified atom stereocenters. The fourth-order valence-electron chi connectivity index (χ4n) is 3.64. The van der Waals surface area contributed by atoms with Gasteiger partial charge in [-0.2, -0.15) is 0 Å². The van der Waals surface area contributed by atoms with E-state index in [-0.39, 0.29) is 23.7 Å². The summed E-state index contributed by atoms with van der Waals surface area (Å²) in [7, 11) is 1.61. The van der Waals surface area contributed by atoms with Crippen molar-refractivity contribution in [3.8, 4) is 5.75 Å². The van der Waals surface area contributed by atoms with Gasteiger partial charge in [-0.05, 0) is 81.0 Å². The Bertz CT molecular complexity index is 837. The van der Waals surface area contributed by atoms with Crippen LogP contribution in [0.3, 0.4) is 0 Å². The van der Waals surface area contributed by atoms with Gasteiger partial charge in [0.15, 0.2) is 0 Å². The maximum Gasteiger partial charge on any atom is 0.227 e. The van der Waals surface area contributed by atoms with Crippen LogP contribution in [0.25, 0.3) is 0 Å². The molecule has 148 valence electrons.